The van der Waals surface area contributed by atoms with Gasteiger partial charge in [-0.2, -0.15) is 0 Å². The van der Waals surface area contributed by atoms with E-state index in [1.807, 2.05) is 39.2 Å². The third-order valence-electron chi connectivity index (χ3n) is 5.91. The third kappa shape index (κ3) is 6.33. The number of methoxy groups -OCH3 is 1. The van der Waals surface area contributed by atoms with E-state index in [1.54, 1.807) is 4.90 Å². The maximum Gasteiger partial charge on any atom is 0.410 e. The number of carbonyl (C=O) groups excluding carboxylic acids is 1. The molecule has 0 radical (unpaired) electrons. The molecule has 1 saturated carbocycles. The summed E-state index contributed by atoms with van der Waals surface area (Å²) >= 11 is 4.19. The summed E-state index contributed by atoms with van der Waals surface area (Å²) in [6.07, 6.45) is 1.01. The molecule has 3 rings (SSSR count). The summed E-state index contributed by atoms with van der Waals surface area (Å²) in [5.74, 6) is 0.242. The Bertz CT molecular complexity index is 639. The zero-order valence-corrected chi connectivity index (χ0v) is 19.3. The van der Waals surface area contributed by atoms with Gasteiger partial charge in [-0.3, -0.25) is 9.62 Å². The second kappa shape index (κ2) is 12.5. The maximum absolute atomic E-state index is 14.8. The molecule has 1 amide bonds. The van der Waals surface area contributed by atoms with Crippen molar-refractivity contribution in [1.29, 1.82) is 0 Å². The molecule has 6 atom stereocenters. The zero-order valence-electron chi connectivity index (χ0n) is 18.4. The van der Waals surface area contributed by atoms with Crippen LogP contribution in [0, 0.1) is 0 Å². The second-order valence-corrected chi connectivity index (χ2v) is 8.33. The van der Waals surface area contributed by atoms with Crippen LogP contribution in [0.1, 0.15) is 44.1 Å². The number of amides is 1. The number of hydrogen-bond donors (Lipinski definition) is 3. The monoisotopic (exact) mass is 441 g/mol. The average molecular weight is 442 g/mol. The van der Waals surface area contributed by atoms with Crippen molar-refractivity contribution in [3.05, 3.63) is 35.9 Å². The lowest BCUT2D eigenvalue weighted by molar-refractivity contribution is -0.0481. The largest absolute Gasteiger partial charge is 0.453 e. The molecule has 1 aliphatic heterocycles. The molecule has 2 aliphatic rings. The predicted molar refractivity (Wildman–Crippen MR) is 121 cm³/mol. The van der Waals surface area contributed by atoms with Crippen LogP contribution in [0.4, 0.5) is 9.18 Å². The molecule has 2 fully saturated rings. The lowest BCUT2D eigenvalue weighted by Crippen LogP contribution is -2.48. The predicted octanol–water partition coefficient (Wildman–Crippen LogP) is 3.55. The van der Waals surface area contributed by atoms with E-state index in [4.69, 9.17) is 9.47 Å². The highest BCUT2D eigenvalue weighted by molar-refractivity contribution is 7.78. The summed E-state index contributed by atoms with van der Waals surface area (Å²) in [4.78, 5) is 13.8. The van der Waals surface area contributed by atoms with Crippen LogP contribution in [-0.2, 0) is 9.47 Å². The van der Waals surface area contributed by atoms with E-state index in [9.17, 15) is 9.18 Å². The quantitative estimate of drug-likeness (QED) is 0.610. The first-order valence-corrected chi connectivity index (χ1v) is 11.1. The Morgan fingerprint density at radius 2 is 1.90 bits per heavy atom. The number of rotatable bonds is 5. The van der Waals surface area contributed by atoms with Gasteiger partial charge in [0.15, 0.2) is 0 Å². The van der Waals surface area contributed by atoms with Crippen molar-refractivity contribution in [3.63, 3.8) is 0 Å². The van der Waals surface area contributed by atoms with E-state index in [0.717, 1.165) is 12.8 Å². The Labute approximate surface area is 185 Å². The third-order valence-corrected chi connectivity index (χ3v) is 6.24. The van der Waals surface area contributed by atoms with Crippen molar-refractivity contribution >= 4 is 18.9 Å². The summed E-state index contributed by atoms with van der Waals surface area (Å²) in [5.41, 5.74) is 1.19. The Kier molecular flexibility index (Phi) is 10.4. The molecule has 0 bridgehead atoms. The van der Waals surface area contributed by atoms with Crippen LogP contribution < -0.4 is 10.0 Å². The molecular formula is C22H36FN3O3S. The molecule has 2 N–H and O–H groups in total. The Hall–Kier alpha value is -1.35. The van der Waals surface area contributed by atoms with Gasteiger partial charge in [0.2, 0.25) is 0 Å². The zero-order chi connectivity index (χ0) is 22.1. The molecule has 30 heavy (non-hydrogen) atoms. The number of hydrogen-bond acceptors (Lipinski definition) is 6. The van der Waals surface area contributed by atoms with Crippen molar-refractivity contribution in [2.75, 3.05) is 27.8 Å². The van der Waals surface area contributed by atoms with E-state index in [1.165, 1.54) is 12.7 Å². The number of alkyl halides is 1. The highest BCUT2D eigenvalue weighted by atomic mass is 32.1. The van der Waals surface area contributed by atoms with E-state index >= 15 is 0 Å². The van der Waals surface area contributed by atoms with Gasteiger partial charge >= 0.3 is 6.09 Å². The highest BCUT2D eigenvalue weighted by Gasteiger charge is 2.43. The van der Waals surface area contributed by atoms with Gasteiger partial charge in [-0.15, -0.1) is 0 Å². The number of nitrogens with one attached hydrogen (secondary N) is 2. The molecule has 0 aromatic heterocycles. The van der Waals surface area contributed by atoms with Crippen LogP contribution in [0.25, 0.3) is 0 Å². The van der Waals surface area contributed by atoms with Gasteiger partial charge in [-0.25, -0.2) is 9.18 Å². The Balaban J connectivity index is 0.00000101. The minimum Gasteiger partial charge on any atom is -0.453 e. The van der Waals surface area contributed by atoms with Gasteiger partial charge in [0.1, 0.15) is 6.17 Å². The summed E-state index contributed by atoms with van der Waals surface area (Å²) in [7, 11) is 5.12. The van der Waals surface area contributed by atoms with Crippen LogP contribution in [0.5, 0.6) is 0 Å². The van der Waals surface area contributed by atoms with E-state index in [-0.39, 0.29) is 36.7 Å². The van der Waals surface area contributed by atoms with Crippen molar-refractivity contribution in [3.8, 4) is 0 Å². The van der Waals surface area contributed by atoms with Gasteiger partial charge in [0.25, 0.3) is 0 Å². The molecule has 1 aliphatic carbocycles. The molecule has 1 saturated heterocycles. The maximum atomic E-state index is 14.8. The molecule has 8 heteroatoms. The molecule has 1 aromatic carbocycles. The fourth-order valence-corrected chi connectivity index (χ4v) is 4.72. The summed E-state index contributed by atoms with van der Waals surface area (Å²) in [5, 5.41) is 2.75. The first-order valence-electron chi connectivity index (χ1n) is 10.6. The summed E-state index contributed by atoms with van der Waals surface area (Å²) in [6.45, 7) is 2.25. The fourth-order valence-electron chi connectivity index (χ4n) is 4.44. The number of benzene rings is 1. The van der Waals surface area contributed by atoms with Crippen LogP contribution in [0.15, 0.2) is 30.3 Å². The number of nitrogens with zero attached hydrogens (tertiary/aromatic N) is 1. The second-order valence-electron chi connectivity index (χ2n) is 8.07. The highest BCUT2D eigenvalue weighted by Crippen LogP contribution is 2.36. The number of halogens is 1. The fraction of sp³-hybridized carbons (Fsp3) is 0.682. The van der Waals surface area contributed by atoms with Crippen molar-refractivity contribution in [1.82, 2.24) is 14.9 Å². The number of thiol groups is 1. The van der Waals surface area contributed by atoms with Gasteiger partial charge in [0.05, 0.1) is 25.9 Å². The standard InChI is InChI=1S/C20H29FN2O3S.C2H7N/c1-13-10-17(22-27)18(23(13)20(24)25-2)12-26-19-9-8-15(11-16(19)21)14-6-4-3-5-7-14;1-3-2/h3-7,13,15-19,22,27H,8-12H2,1-2H3;3H,1-2H3. The van der Waals surface area contributed by atoms with Gasteiger partial charge in [-0.05, 0) is 58.2 Å². The first kappa shape index (κ1) is 24.9. The van der Waals surface area contributed by atoms with E-state index < -0.39 is 12.3 Å². The molecule has 0 spiro atoms. The van der Waals surface area contributed by atoms with E-state index in [2.05, 4.69) is 35.0 Å². The van der Waals surface area contributed by atoms with Gasteiger partial charge in [0, 0.05) is 12.1 Å². The smallest absolute Gasteiger partial charge is 0.410 e. The Morgan fingerprint density at radius 3 is 2.47 bits per heavy atom. The first-order chi connectivity index (χ1) is 14.5. The van der Waals surface area contributed by atoms with Crippen molar-refractivity contribution in [2.24, 2.45) is 0 Å². The molecule has 6 nitrogen and oxygen atoms in total. The minimum atomic E-state index is -1.00. The SMILES string of the molecule is CNC.COC(=O)N1C(C)CC(NS)C1COC1CCC(c2ccccc2)CC1F. The minimum absolute atomic E-state index is 0.0128. The van der Waals surface area contributed by atoms with Crippen LogP contribution in [0.2, 0.25) is 0 Å². The van der Waals surface area contributed by atoms with Crippen molar-refractivity contribution < 1.29 is 18.7 Å². The van der Waals surface area contributed by atoms with Crippen LogP contribution in [0.3, 0.4) is 0 Å². The van der Waals surface area contributed by atoms with Crippen molar-refractivity contribution in [2.45, 2.75) is 68.9 Å². The normalized spacial score (nSPS) is 31.1. The Morgan fingerprint density at radius 1 is 1.23 bits per heavy atom. The number of ether oxygens (including phenoxy) is 2. The van der Waals surface area contributed by atoms with E-state index in [0.29, 0.717) is 12.8 Å². The average Bonchev–Trinajstić information content (AvgIpc) is 3.08. The lowest BCUT2D eigenvalue weighted by Gasteiger charge is -2.34. The molecule has 1 aromatic rings. The topological polar surface area (TPSA) is 62.8 Å². The molecular weight excluding hydrogens is 405 g/mol. The molecule has 1 heterocycles. The van der Waals surface area contributed by atoms with Gasteiger partial charge < -0.3 is 14.8 Å². The van der Waals surface area contributed by atoms with Gasteiger partial charge in [-0.1, -0.05) is 43.1 Å². The molecule has 170 valence electrons. The number of carbonyl (C=O) groups is 1. The van der Waals surface area contributed by atoms with Crippen LogP contribution >= 0.6 is 12.8 Å². The summed E-state index contributed by atoms with van der Waals surface area (Å²) < 4.78 is 28.6. The lowest BCUT2D eigenvalue weighted by atomic mass is 9.81. The number of likely N-dealkylation sites (tertiary alicyclic amines) is 1. The summed E-state index contributed by atoms with van der Waals surface area (Å²) in [6, 6.07) is 9.89. The van der Waals surface area contributed by atoms with Crippen LogP contribution in [-0.4, -0.2) is 69.2 Å². The molecule has 6 unspecified atom stereocenters.